The highest BCUT2D eigenvalue weighted by molar-refractivity contribution is 8.00. The van der Waals surface area contributed by atoms with Crippen molar-refractivity contribution in [3.63, 3.8) is 0 Å². The Bertz CT molecular complexity index is 1290. The monoisotopic (exact) mass is 577 g/mol. The lowest BCUT2D eigenvalue weighted by Gasteiger charge is -2.35. The lowest BCUT2D eigenvalue weighted by Crippen LogP contribution is -2.37. The van der Waals surface area contributed by atoms with Gasteiger partial charge in [0.05, 0.1) is 44.0 Å². The van der Waals surface area contributed by atoms with Gasteiger partial charge in [0.2, 0.25) is 0 Å². The summed E-state index contributed by atoms with van der Waals surface area (Å²) in [6.07, 6.45) is 0. The summed E-state index contributed by atoms with van der Waals surface area (Å²) in [5.74, 6) is 0.926. The van der Waals surface area contributed by atoms with Crippen LogP contribution < -0.4 is 0 Å². The fourth-order valence-corrected chi connectivity index (χ4v) is 6.05. The first kappa shape index (κ1) is 31.6. The van der Waals surface area contributed by atoms with E-state index in [0.29, 0.717) is 0 Å². The summed E-state index contributed by atoms with van der Waals surface area (Å²) in [4.78, 5) is -0.178. The molecule has 0 aliphatic heterocycles. The molecule has 0 bridgehead atoms. The molecule has 5 nitrogen and oxygen atoms in total. The van der Waals surface area contributed by atoms with Gasteiger partial charge >= 0.3 is 0 Å². The molecular formula is C33H39NO4S2. The topological polar surface area (TPSA) is 66.4 Å². The Kier molecular flexibility index (Phi) is 11.5. The van der Waals surface area contributed by atoms with Gasteiger partial charge in [-0.2, -0.15) is 0 Å². The maximum atomic E-state index is 10.4. The van der Waals surface area contributed by atoms with Crippen LogP contribution in [0.25, 0.3) is 0 Å². The normalized spacial score (nSPS) is 11.9. The highest BCUT2D eigenvalue weighted by Gasteiger charge is 2.36. The van der Waals surface area contributed by atoms with Crippen LogP contribution in [-0.2, 0) is 19.6 Å². The molecule has 0 saturated heterocycles. The van der Waals surface area contributed by atoms with E-state index in [9.17, 15) is 13.0 Å². The molecule has 212 valence electrons. The lowest BCUT2D eigenvalue weighted by atomic mass is 9.84. The van der Waals surface area contributed by atoms with Crippen LogP contribution in [0, 0.1) is 6.92 Å². The van der Waals surface area contributed by atoms with Crippen LogP contribution in [-0.4, -0.2) is 64.1 Å². The van der Waals surface area contributed by atoms with E-state index in [1.165, 1.54) is 28.8 Å². The van der Waals surface area contributed by atoms with E-state index < -0.39 is 10.1 Å². The van der Waals surface area contributed by atoms with Crippen LogP contribution in [0.4, 0.5) is 0 Å². The minimum atomic E-state index is -4.27. The van der Waals surface area contributed by atoms with Crippen molar-refractivity contribution < 1.29 is 22.2 Å². The number of aryl methyl sites for hydroxylation is 1. The zero-order valence-electron chi connectivity index (χ0n) is 23.7. The highest BCUT2D eigenvalue weighted by Crippen LogP contribution is 2.48. The predicted octanol–water partition coefficient (Wildman–Crippen LogP) is 6.33. The third-order valence-electron chi connectivity index (χ3n) is 6.30. The molecule has 0 aliphatic rings. The molecule has 4 aromatic carbocycles. The summed E-state index contributed by atoms with van der Waals surface area (Å²) < 4.78 is 37.8. The second-order valence-electron chi connectivity index (χ2n) is 10.5. The van der Waals surface area contributed by atoms with Crippen molar-refractivity contribution in [3.05, 3.63) is 138 Å². The molecule has 0 radical (unpaired) electrons. The molecule has 0 spiro atoms. The van der Waals surface area contributed by atoms with Crippen LogP contribution in [0.15, 0.2) is 120 Å². The van der Waals surface area contributed by atoms with Crippen molar-refractivity contribution in [1.29, 1.82) is 0 Å². The number of hydrogen-bond donors (Lipinski definition) is 0. The molecule has 0 amide bonds. The van der Waals surface area contributed by atoms with Crippen molar-refractivity contribution in [3.8, 4) is 0 Å². The standard InChI is InChI=1S/C26H32NOS.C7H8O3S/c1-27(2,3)19-20-28-21-22-29-26(23-13-7-4-8-14-23,24-15-9-5-10-16-24)25-17-11-6-12-18-25;1-6-2-4-7(5-3-6)11(8,9)10/h4-18H,19-22H2,1-3H3;2-5H,1H3,(H,8,9,10)/q+1;/p-1. The molecule has 0 N–H and O–H groups in total. The van der Waals surface area contributed by atoms with Crippen molar-refractivity contribution in [1.82, 2.24) is 0 Å². The molecule has 4 rings (SSSR count). The van der Waals surface area contributed by atoms with Gasteiger partial charge in [-0.1, -0.05) is 109 Å². The minimum Gasteiger partial charge on any atom is -0.744 e. The molecule has 40 heavy (non-hydrogen) atoms. The Hall–Kier alpha value is -2.94. The highest BCUT2D eigenvalue weighted by atomic mass is 32.2. The molecule has 0 heterocycles. The third kappa shape index (κ3) is 9.32. The van der Waals surface area contributed by atoms with Gasteiger partial charge in [-0.3, -0.25) is 0 Å². The second-order valence-corrected chi connectivity index (χ2v) is 13.2. The van der Waals surface area contributed by atoms with E-state index >= 15 is 0 Å². The summed E-state index contributed by atoms with van der Waals surface area (Å²) >= 11 is 1.96. The quantitative estimate of drug-likeness (QED) is 0.0902. The molecule has 0 fully saturated rings. The summed E-state index contributed by atoms with van der Waals surface area (Å²) in [6, 6.07) is 38.3. The van der Waals surface area contributed by atoms with Gasteiger partial charge < -0.3 is 13.8 Å². The number of hydrogen-bond acceptors (Lipinski definition) is 5. The molecule has 0 atom stereocenters. The number of thioether (sulfide) groups is 1. The number of ether oxygens (including phenoxy) is 1. The van der Waals surface area contributed by atoms with E-state index in [1.54, 1.807) is 12.1 Å². The van der Waals surface area contributed by atoms with Crippen molar-refractivity contribution in [2.75, 3.05) is 46.7 Å². The minimum absolute atomic E-state index is 0.178. The van der Waals surface area contributed by atoms with Crippen LogP contribution >= 0.6 is 11.8 Å². The summed E-state index contributed by atoms with van der Waals surface area (Å²) in [5, 5.41) is 0. The number of likely N-dealkylation sites (N-methyl/N-ethyl adjacent to an activating group) is 1. The van der Waals surface area contributed by atoms with E-state index in [-0.39, 0.29) is 9.64 Å². The van der Waals surface area contributed by atoms with Gasteiger partial charge in [0.25, 0.3) is 0 Å². The first-order chi connectivity index (χ1) is 19.0. The zero-order valence-corrected chi connectivity index (χ0v) is 25.3. The smallest absolute Gasteiger partial charge is 0.124 e. The van der Waals surface area contributed by atoms with E-state index in [4.69, 9.17) is 4.74 Å². The van der Waals surface area contributed by atoms with Gasteiger partial charge in [0, 0.05) is 5.75 Å². The number of quaternary nitrogens is 1. The van der Waals surface area contributed by atoms with Crippen molar-refractivity contribution in [2.45, 2.75) is 16.6 Å². The van der Waals surface area contributed by atoms with Crippen LogP contribution in [0.5, 0.6) is 0 Å². The van der Waals surface area contributed by atoms with Gasteiger partial charge in [0.1, 0.15) is 16.7 Å². The van der Waals surface area contributed by atoms with Crippen LogP contribution in [0.1, 0.15) is 22.3 Å². The Labute approximate surface area is 244 Å². The Morgan fingerprint density at radius 1 is 0.700 bits per heavy atom. The first-order valence-electron chi connectivity index (χ1n) is 13.2. The average molecular weight is 578 g/mol. The SMILES string of the molecule is C[N+](C)(C)CCOCCSC(c1ccccc1)(c1ccccc1)c1ccccc1.Cc1ccc(S(=O)(=O)[O-])cc1. The van der Waals surface area contributed by atoms with E-state index in [0.717, 1.165) is 35.6 Å². The average Bonchev–Trinajstić information content (AvgIpc) is 2.94. The van der Waals surface area contributed by atoms with Gasteiger partial charge in [0.15, 0.2) is 0 Å². The molecular weight excluding hydrogens is 539 g/mol. The Morgan fingerprint density at radius 2 is 1.12 bits per heavy atom. The van der Waals surface area contributed by atoms with E-state index in [2.05, 4.69) is 112 Å². The molecule has 0 unspecified atom stereocenters. The molecule has 4 aromatic rings. The van der Waals surface area contributed by atoms with Gasteiger partial charge in [-0.25, -0.2) is 8.42 Å². The lowest BCUT2D eigenvalue weighted by molar-refractivity contribution is -0.870. The van der Waals surface area contributed by atoms with Gasteiger partial charge in [-0.15, -0.1) is 11.8 Å². The molecule has 0 saturated carbocycles. The maximum Gasteiger partial charge on any atom is 0.124 e. The maximum absolute atomic E-state index is 10.4. The van der Waals surface area contributed by atoms with Crippen molar-refractivity contribution in [2.24, 2.45) is 0 Å². The number of rotatable bonds is 11. The largest absolute Gasteiger partial charge is 0.744 e. The van der Waals surface area contributed by atoms with Crippen LogP contribution in [0.3, 0.4) is 0 Å². The third-order valence-corrected chi connectivity index (χ3v) is 8.66. The molecule has 0 aliphatic carbocycles. The van der Waals surface area contributed by atoms with Gasteiger partial charge in [-0.05, 0) is 35.7 Å². The van der Waals surface area contributed by atoms with Crippen molar-refractivity contribution >= 4 is 21.9 Å². The predicted molar refractivity (Wildman–Crippen MR) is 165 cm³/mol. The first-order valence-corrected chi connectivity index (χ1v) is 15.6. The van der Waals surface area contributed by atoms with Crippen LogP contribution in [0.2, 0.25) is 0 Å². The summed E-state index contributed by atoms with van der Waals surface area (Å²) in [7, 11) is 2.32. The second kappa shape index (κ2) is 14.6. The fourth-order valence-electron chi connectivity index (χ4n) is 4.17. The zero-order chi connectivity index (χ0) is 29.1. The Morgan fingerprint density at radius 3 is 1.50 bits per heavy atom. The Balaban J connectivity index is 0.000000336. The summed E-state index contributed by atoms with van der Waals surface area (Å²) in [5.41, 5.74) is 4.83. The molecule has 7 heteroatoms. The number of benzene rings is 4. The number of nitrogens with zero attached hydrogens (tertiary/aromatic N) is 1. The summed E-state index contributed by atoms with van der Waals surface area (Å²) in [6.45, 7) is 4.38. The fraction of sp³-hybridized carbons (Fsp3) is 0.273. The van der Waals surface area contributed by atoms with E-state index in [1.807, 2.05) is 18.7 Å². The molecule has 0 aromatic heterocycles.